The normalized spacial score (nSPS) is 16.0. The lowest BCUT2D eigenvalue weighted by Gasteiger charge is -2.32. The Kier molecular flexibility index (Phi) is 9.76. The molecule has 0 spiro atoms. The maximum Gasteiger partial charge on any atom is 0.226 e. The Balaban J connectivity index is 1.47. The lowest BCUT2D eigenvalue weighted by atomic mass is 9.96. The largest absolute Gasteiger partial charge is 0.493 e. The van der Waals surface area contributed by atoms with Crippen molar-refractivity contribution in [2.75, 3.05) is 32.8 Å². The molecular formula is C27H37N3O3. The number of para-hydroxylation sites is 1. The Morgan fingerprint density at radius 2 is 1.73 bits per heavy atom. The van der Waals surface area contributed by atoms with Crippen LogP contribution in [0.15, 0.2) is 54.6 Å². The third kappa shape index (κ3) is 7.60. The van der Waals surface area contributed by atoms with E-state index in [2.05, 4.69) is 42.3 Å². The molecule has 1 atom stereocenters. The van der Waals surface area contributed by atoms with Crippen LogP contribution in [-0.4, -0.2) is 54.4 Å². The van der Waals surface area contributed by atoms with Gasteiger partial charge >= 0.3 is 0 Å². The molecule has 0 radical (unpaired) electrons. The molecule has 1 aliphatic heterocycles. The van der Waals surface area contributed by atoms with E-state index < -0.39 is 0 Å². The van der Waals surface area contributed by atoms with Gasteiger partial charge in [-0.1, -0.05) is 56.3 Å². The van der Waals surface area contributed by atoms with Gasteiger partial charge in [0.2, 0.25) is 11.8 Å². The minimum Gasteiger partial charge on any atom is -0.493 e. The second-order valence-corrected chi connectivity index (χ2v) is 8.54. The first kappa shape index (κ1) is 24.8. The molecule has 2 amide bonds. The highest BCUT2D eigenvalue weighted by molar-refractivity contribution is 5.81. The summed E-state index contributed by atoms with van der Waals surface area (Å²) in [5.41, 5.74) is 2.40. The first-order valence-corrected chi connectivity index (χ1v) is 12.1. The van der Waals surface area contributed by atoms with Gasteiger partial charge in [0.1, 0.15) is 5.75 Å². The Morgan fingerprint density at radius 1 is 1.03 bits per heavy atom. The average Bonchev–Trinajstić information content (AvgIpc) is 2.87. The Hall–Kier alpha value is -2.86. The minimum atomic E-state index is -0.160. The van der Waals surface area contributed by atoms with Crippen molar-refractivity contribution in [1.82, 2.24) is 15.1 Å². The molecule has 1 unspecified atom stereocenters. The molecule has 1 heterocycles. The van der Waals surface area contributed by atoms with E-state index in [0.717, 1.165) is 43.8 Å². The van der Waals surface area contributed by atoms with E-state index in [1.807, 2.05) is 41.3 Å². The summed E-state index contributed by atoms with van der Waals surface area (Å²) in [6.45, 7) is 9.27. The predicted octanol–water partition coefficient (Wildman–Crippen LogP) is 3.85. The summed E-state index contributed by atoms with van der Waals surface area (Å²) in [4.78, 5) is 29.7. The highest BCUT2D eigenvalue weighted by Crippen LogP contribution is 2.19. The average molecular weight is 452 g/mol. The van der Waals surface area contributed by atoms with Crippen LogP contribution in [0.1, 0.15) is 44.2 Å². The van der Waals surface area contributed by atoms with Gasteiger partial charge in [-0.15, -0.1) is 0 Å². The van der Waals surface area contributed by atoms with E-state index in [0.29, 0.717) is 32.7 Å². The van der Waals surface area contributed by atoms with Crippen molar-refractivity contribution in [2.45, 2.75) is 46.2 Å². The lowest BCUT2D eigenvalue weighted by Crippen LogP contribution is -2.45. The standard InChI is InChI=1S/C27H37N3O3/c1-3-29(4-2)20-23-12-9-8-11-22(23)19-28-27(32)24-13-10-17-30(21-24)26(31)16-18-33-25-14-6-5-7-15-25/h5-9,11-12,14-15,24H,3-4,10,13,16-21H2,1-2H3,(H,28,32). The highest BCUT2D eigenvalue weighted by atomic mass is 16.5. The quantitative estimate of drug-likeness (QED) is 0.564. The number of hydrogen-bond acceptors (Lipinski definition) is 4. The molecular weight excluding hydrogens is 414 g/mol. The van der Waals surface area contributed by atoms with Crippen molar-refractivity contribution in [3.05, 3.63) is 65.7 Å². The van der Waals surface area contributed by atoms with Crippen molar-refractivity contribution in [1.29, 1.82) is 0 Å². The van der Waals surface area contributed by atoms with Crippen molar-refractivity contribution in [3.8, 4) is 5.75 Å². The van der Waals surface area contributed by atoms with Crippen LogP contribution >= 0.6 is 0 Å². The molecule has 1 aliphatic rings. The second-order valence-electron chi connectivity index (χ2n) is 8.54. The molecule has 0 bridgehead atoms. The molecule has 178 valence electrons. The number of hydrogen-bond donors (Lipinski definition) is 1. The summed E-state index contributed by atoms with van der Waals surface area (Å²) >= 11 is 0. The van der Waals surface area contributed by atoms with Crippen molar-refractivity contribution >= 4 is 11.8 Å². The Bertz CT molecular complexity index is 883. The maximum absolute atomic E-state index is 12.9. The van der Waals surface area contributed by atoms with Crippen molar-refractivity contribution in [3.63, 3.8) is 0 Å². The molecule has 1 saturated heterocycles. The van der Waals surface area contributed by atoms with Crippen LogP contribution < -0.4 is 10.1 Å². The van der Waals surface area contributed by atoms with Crippen LogP contribution in [-0.2, 0) is 22.7 Å². The number of piperidine rings is 1. The molecule has 6 nitrogen and oxygen atoms in total. The number of nitrogens with one attached hydrogen (secondary N) is 1. The van der Waals surface area contributed by atoms with E-state index in [-0.39, 0.29) is 17.7 Å². The van der Waals surface area contributed by atoms with E-state index in [4.69, 9.17) is 4.74 Å². The SMILES string of the molecule is CCN(CC)Cc1ccccc1CNC(=O)C1CCCN(C(=O)CCOc2ccccc2)C1. The van der Waals surface area contributed by atoms with Gasteiger partial charge in [0.25, 0.3) is 0 Å². The number of likely N-dealkylation sites (tertiary alicyclic amines) is 1. The van der Waals surface area contributed by atoms with E-state index in [1.54, 1.807) is 0 Å². The van der Waals surface area contributed by atoms with Gasteiger partial charge in [0, 0.05) is 26.2 Å². The molecule has 0 aromatic heterocycles. The highest BCUT2D eigenvalue weighted by Gasteiger charge is 2.28. The number of benzene rings is 2. The molecule has 1 fully saturated rings. The number of rotatable bonds is 11. The predicted molar refractivity (Wildman–Crippen MR) is 131 cm³/mol. The van der Waals surface area contributed by atoms with Crippen LogP contribution in [0.3, 0.4) is 0 Å². The first-order valence-electron chi connectivity index (χ1n) is 12.1. The topological polar surface area (TPSA) is 61.9 Å². The maximum atomic E-state index is 12.9. The Labute approximate surface area is 197 Å². The molecule has 2 aromatic carbocycles. The summed E-state index contributed by atoms with van der Waals surface area (Å²) in [6.07, 6.45) is 1.99. The number of amides is 2. The molecule has 0 aliphatic carbocycles. The fourth-order valence-electron chi connectivity index (χ4n) is 4.25. The molecule has 6 heteroatoms. The second kappa shape index (κ2) is 13.0. The molecule has 0 saturated carbocycles. The first-order chi connectivity index (χ1) is 16.1. The molecule has 2 aromatic rings. The fraction of sp³-hybridized carbons (Fsp3) is 0.481. The summed E-state index contributed by atoms with van der Waals surface area (Å²) in [5.74, 6) is 0.689. The van der Waals surface area contributed by atoms with E-state index in [9.17, 15) is 9.59 Å². The number of carbonyl (C=O) groups is 2. The van der Waals surface area contributed by atoms with Crippen LogP contribution in [0.25, 0.3) is 0 Å². The van der Waals surface area contributed by atoms with Crippen molar-refractivity contribution in [2.24, 2.45) is 5.92 Å². The van der Waals surface area contributed by atoms with Crippen molar-refractivity contribution < 1.29 is 14.3 Å². The smallest absolute Gasteiger partial charge is 0.226 e. The van der Waals surface area contributed by atoms with Crippen LogP contribution in [0.4, 0.5) is 0 Å². The number of ether oxygens (including phenoxy) is 1. The summed E-state index contributed by atoms with van der Waals surface area (Å²) in [6, 6.07) is 17.8. The fourth-order valence-corrected chi connectivity index (χ4v) is 4.25. The number of nitrogens with zero attached hydrogens (tertiary/aromatic N) is 2. The van der Waals surface area contributed by atoms with Gasteiger partial charge in [-0.25, -0.2) is 0 Å². The zero-order valence-corrected chi connectivity index (χ0v) is 20.0. The van der Waals surface area contributed by atoms with Gasteiger partial charge in [-0.3, -0.25) is 14.5 Å². The van der Waals surface area contributed by atoms with Gasteiger partial charge in [0.15, 0.2) is 0 Å². The third-order valence-corrected chi connectivity index (χ3v) is 6.33. The number of carbonyl (C=O) groups excluding carboxylic acids is 2. The van der Waals surface area contributed by atoms with Gasteiger partial charge in [-0.2, -0.15) is 0 Å². The van der Waals surface area contributed by atoms with E-state index >= 15 is 0 Å². The lowest BCUT2D eigenvalue weighted by molar-refractivity contribution is -0.136. The van der Waals surface area contributed by atoms with Gasteiger partial charge < -0.3 is 15.0 Å². The van der Waals surface area contributed by atoms with E-state index in [1.165, 1.54) is 5.56 Å². The van der Waals surface area contributed by atoms with Gasteiger partial charge in [0.05, 0.1) is 18.9 Å². The summed E-state index contributed by atoms with van der Waals surface area (Å²) in [5, 5.41) is 3.12. The zero-order valence-electron chi connectivity index (χ0n) is 20.0. The molecule has 3 rings (SSSR count). The minimum absolute atomic E-state index is 0.0330. The molecule has 33 heavy (non-hydrogen) atoms. The Morgan fingerprint density at radius 3 is 2.45 bits per heavy atom. The third-order valence-electron chi connectivity index (χ3n) is 6.33. The van der Waals surface area contributed by atoms with Gasteiger partial charge in [-0.05, 0) is 49.2 Å². The van der Waals surface area contributed by atoms with Crippen LogP contribution in [0.5, 0.6) is 5.75 Å². The monoisotopic (exact) mass is 451 g/mol. The zero-order chi connectivity index (χ0) is 23.5. The molecule has 1 N–H and O–H groups in total. The summed E-state index contributed by atoms with van der Waals surface area (Å²) in [7, 11) is 0. The van der Waals surface area contributed by atoms with Crippen LogP contribution in [0, 0.1) is 5.92 Å². The summed E-state index contributed by atoms with van der Waals surface area (Å²) < 4.78 is 5.65. The van der Waals surface area contributed by atoms with Crippen LogP contribution in [0.2, 0.25) is 0 Å².